The first kappa shape index (κ1) is 24.1. The first-order chi connectivity index (χ1) is 19.2. The Morgan fingerprint density at radius 2 is 1.56 bits per heavy atom. The highest BCUT2D eigenvalue weighted by Gasteiger charge is 2.22. The number of hydrogen-bond acceptors (Lipinski definition) is 5. The molecule has 2 heterocycles. The van der Waals surface area contributed by atoms with Gasteiger partial charge in [-0.1, -0.05) is 60.7 Å². The molecule has 0 aliphatic rings. The van der Waals surface area contributed by atoms with Gasteiger partial charge in [-0.05, 0) is 61.5 Å². The summed E-state index contributed by atoms with van der Waals surface area (Å²) in [6, 6.07) is 34.3. The average molecular weight is 512 g/mol. The number of aromatic nitrogens is 3. The van der Waals surface area contributed by atoms with Gasteiger partial charge >= 0.3 is 0 Å². The molecule has 0 N–H and O–H groups in total. The third-order valence-corrected chi connectivity index (χ3v) is 6.31. The lowest BCUT2D eigenvalue weighted by atomic mass is 9.99. The van der Waals surface area contributed by atoms with Crippen LogP contribution in [0.1, 0.15) is 28.7 Å². The molecule has 0 amide bonds. The maximum atomic E-state index is 13.9. The summed E-state index contributed by atoms with van der Waals surface area (Å²) in [7, 11) is 0. The molecule has 6 heteroatoms. The van der Waals surface area contributed by atoms with E-state index >= 15 is 0 Å². The van der Waals surface area contributed by atoms with E-state index in [0.29, 0.717) is 28.8 Å². The number of para-hydroxylation sites is 3. The van der Waals surface area contributed by atoms with E-state index in [9.17, 15) is 4.79 Å². The molecule has 0 saturated carbocycles. The molecule has 0 aliphatic heterocycles. The van der Waals surface area contributed by atoms with Crippen molar-refractivity contribution in [2.24, 2.45) is 0 Å². The molecule has 6 rings (SSSR count). The number of ketones is 1. The number of fused-ring (bicyclic) bond motifs is 1. The lowest BCUT2D eigenvalue weighted by Gasteiger charge is -2.06. The third kappa shape index (κ3) is 5.00. The molecule has 4 aromatic carbocycles. The van der Waals surface area contributed by atoms with Crippen molar-refractivity contribution < 1.29 is 13.9 Å². The predicted octanol–water partition coefficient (Wildman–Crippen LogP) is 7.50. The van der Waals surface area contributed by atoms with Crippen LogP contribution in [0, 0.1) is 0 Å². The van der Waals surface area contributed by atoms with E-state index in [2.05, 4.69) is 4.98 Å². The second-order valence-corrected chi connectivity index (χ2v) is 8.91. The van der Waals surface area contributed by atoms with Crippen LogP contribution in [0.15, 0.2) is 120 Å². The standard InChI is InChI=1S/C33H25N3O3/c1-2-38-27-19-17-23(18-20-27)31-25(22-36(35-31)26-13-7-4-8-14-26)21-28(32(37)24-11-5-3-6-12-24)33-34-29-15-9-10-16-30(29)39-33/h3-22H,2H2,1H3/b28-21+. The van der Waals surface area contributed by atoms with E-state index in [1.807, 2.05) is 121 Å². The Bertz CT molecular complexity index is 1730. The van der Waals surface area contributed by atoms with Crippen molar-refractivity contribution in [3.63, 3.8) is 0 Å². The van der Waals surface area contributed by atoms with Gasteiger partial charge in [-0.15, -0.1) is 0 Å². The number of rotatable bonds is 8. The number of hydrogen-bond donors (Lipinski definition) is 0. The van der Waals surface area contributed by atoms with Gasteiger partial charge in [0.2, 0.25) is 5.89 Å². The lowest BCUT2D eigenvalue weighted by molar-refractivity contribution is 0.105. The summed E-state index contributed by atoms with van der Waals surface area (Å²) in [5, 5.41) is 4.92. The fourth-order valence-electron chi connectivity index (χ4n) is 4.42. The fourth-order valence-corrected chi connectivity index (χ4v) is 4.42. The molecule has 6 aromatic rings. The number of carbonyl (C=O) groups excluding carboxylic acids is 1. The van der Waals surface area contributed by atoms with Crippen molar-refractivity contribution in [2.75, 3.05) is 6.61 Å². The summed E-state index contributed by atoms with van der Waals surface area (Å²) in [5.74, 6) is 0.856. The summed E-state index contributed by atoms with van der Waals surface area (Å²) in [6.45, 7) is 2.54. The molecule has 0 bridgehead atoms. The Labute approximate surface area is 225 Å². The summed E-state index contributed by atoms with van der Waals surface area (Å²) < 4.78 is 13.5. The minimum atomic E-state index is -0.188. The number of carbonyl (C=O) groups is 1. The Hall–Kier alpha value is -5.23. The van der Waals surface area contributed by atoms with Crippen LogP contribution in [0.4, 0.5) is 0 Å². The third-order valence-electron chi connectivity index (χ3n) is 6.31. The van der Waals surface area contributed by atoms with Crippen molar-refractivity contribution in [3.05, 3.63) is 132 Å². The molecule has 0 fully saturated rings. The highest BCUT2D eigenvalue weighted by molar-refractivity contribution is 6.31. The maximum Gasteiger partial charge on any atom is 0.231 e. The largest absolute Gasteiger partial charge is 0.494 e. The molecule has 190 valence electrons. The van der Waals surface area contributed by atoms with Gasteiger partial charge in [-0.3, -0.25) is 4.79 Å². The van der Waals surface area contributed by atoms with Gasteiger partial charge in [0.25, 0.3) is 0 Å². The second kappa shape index (κ2) is 10.6. The summed E-state index contributed by atoms with van der Waals surface area (Å²) >= 11 is 0. The lowest BCUT2D eigenvalue weighted by Crippen LogP contribution is -2.03. The Morgan fingerprint density at radius 1 is 0.872 bits per heavy atom. The van der Waals surface area contributed by atoms with Crippen LogP contribution in [0.3, 0.4) is 0 Å². The van der Waals surface area contributed by atoms with Crippen LogP contribution in [0.2, 0.25) is 0 Å². The van der Waals surface area contributed by atoms with Crippen molar-refractivity contribution in [1.82, 2.24) is 14.8 Å². The van der Waals surface area contributed by atoms with Crippen LogP contribution in [0.25, 0.3) is 39.7 Å². The van der Waals surface area contributed by atoms with E-state index in [1.54, 1.807) is 12.1 Å². The first-order valence-corrected chi connectivity index (χ1v) is 12.8. The average Bonchev–Trinajstić information content (AvgIpc) is 3.62. The summed E-state index contributed by atoms with van der Waals surface area (Å²) in [4.78, 5) is 18.5. The normalized spacial score (nSPS) is 11.6. The zero-order valence-corrected chi connectivity index (χ0v) is 21.3. The van der Waals surface area contributed by atoms with E-state index < -0.39 is 0 Å². The van der Waals surface area contributed by atoms with Crippen LogP contribution in [-0.2, 0) is 0 Å². The number of benzene rings is 4. The van der Waals surface area contributed by atoms with E-state index in [0.717, 1.165) is 28.3 Å². The van der Waals surface area contributed by atoms with Gasteiger partial charge < -0.3 is 9.15 Å². The molecule has 39 heavy (non-hydrogen) atoms. The molecular weight excluding hydrogens is 486 g/mol. The monoisotopic (exact) mass is 511 g/mol. The first-order valence-electron chi connectivity index (χ1n) is 12.8. The van der Waals surface area contributed by atoms with Gasteiger partial charge in [-0.2, -0.15) is 5.10 Å². The number of allylic oxidation sites excluding steroid dienone is 1. The minimum absolute atomic E-state index is 0.188. The van der Waals surface area contributed by atoms with Crippen LogP contribution in [0.5, 0.6) is 5.75 Å². The van der Waals surface area contributed by atoms with Crippen molar-refractivity contribution >= 4 is 28.5 Å². The van der Waals surface area contributed by atoms with Crippen LogP contribution in [-0.4, -0.2) is 27.2 Å². The molecule has 0 saturated heterocycles. The number of oxazole rings is 1. The second-order valence-electron chi connectivity index (χ2n) is 8.91. The minimum Gasteiger partial charge on any atom is -0.494 e. The Morgan fingerprint density at radius 3 is 2.28 bits per heavy atom. The molecule has 0 radical (unpaired) electrons. The number of ether oxygens (including phenoxy) is 1. The van der Waals surface area contributed by atoms with Gasteiger partial charge in [0.15, 0.2) is 11.4 Å². The highest BCUT2D eigenvalue weighted by Crippen LogP contribution is 2.31. The van der Waals surface area contributed by atoms with Gasteiger partial charge in [0.05, 0.1) is 23.6 Å². The van der Waals surface area contributed by atoms with E-state index in [4.69, 9.17) is 14.3 Å². The quantitative estimate of drug-likeness (QED) is 0.156. The molecule has 0 spiro atoms. The Kier molecular flexibility index (Phi) is 6.58. The van der Waals surface area contributed by atoms with Crippen LogP contribution < -0.4 is 4.74 Å². The van der Waals surface area contributed by atoms with E-state index in [1.165, 1.54) is 0 Å². The van der Waals surface area contributed by atoms with Crippen molar-refractivity contribution in [2.45, 2.75) is 6.92 Å². The molecular formula is C33H25N3O3. The Balaban J connectivity index is 1.54. The topological polar surface area (TPSA) is 70.2 Å². The molecule has 0 aliphatic carbocycles. The maximum absolute atomic E-state index is 13.9. The van der Waals surface area contributed by atoms with Gasteiger partial charge in [0.1, 0.15) is 11.3 Å². The zero-order chi connectivity index (χ0) is 26.6. The number of nitrogens with zero attached hydrogens (tertiary/aromatic N) is 3. The zero-order valence-electron chi connectivity index (χ0n) is 21.3. The molecule has 0 atom stereocenters. The summed E-state index contributed by atoms with van der Waals surface area (Å²) in [5.41, 5.74) is 5.46. The molecule has 6 nitrogen and oxygen atoms in total. The summed E-state index contributed by atoms with van der Waals surface area (Å²) in [6.07, 6.45) is 3.74. The van der Waals surface area contributed by atoms with Crippen molar-refractivity contribution in [1.29, 1.82) is 0 Å². The molecule has 0 unspecified atom stereocenters. The highest BCUT2D eigenvalue weighted by atomic mass is 16.5. The van der Waals surface area contributed by atoms with Gasteiger partial charge in [0, 0.05) is 22.9 Å². The smallest absolute Gasteiger partial charge is 0.231 e. The van der Waals surface area contributed by atoms with Crippen molar-refractivity contribution in [3.8, 4) is 22.7 Å². The number of Topliss-reactive ketones (excluding diaryl/α,β-unsaturated/α-hetero) is 1. The molecule has 2 aromatic heterocycles. The van der Waals surface area contributed by atoms with E-state index in [-0.39, 0.29) is 11.7 Å². The SMILES string of the molecule is CCOc1ccc(-c2nn(-c3ccccc3)cc2/C=C(\C(=O)c2ccccc2)c2nc3ccccc3o2)cc1. The van der Waals surface area contributed by atoms with Gasteiger partial charge in [-0.25, -0.2) is 9.67 Å². The predicted molar refractivity (Wildman–Crippen MR) is 153 cm³/mol. The van der Waals surface area contributed by atoms with Crippen LogP contribution >= 0.6 is 0 Å². The fraction of sp³-hybridized carbons (Fsp3) is 0.0606.